The number of carbonyl (C=O) groups excluding carboxylic acids is 2. The predicted octanol–water partition coefficient (Wildman–Crippen LogP) is 7.27. The summed E-state index contributed by atoms with van der Waals surface area (Å²) in [5, 5.41) is 4.88. The fraction of sp³-hybridized carbons (Fsp3) is 0.121. The highest BCUT2D eigenvalue weighted by Crippen LogP contribution is 2.36. The molecule has 0 spiro atoms. The van der Waals surface area contributed by atoms with Crippen LogP contribution in [0.5, 0.6) is 5.75 Å². The minimum atomic E-state index is -0.551. The summed E-state index contributed by atoms with van der Waals surface area (Å²) < 4.78 is 25.0. The smallest absolute Gasteiger partial charge is 0.256 e. The van der Waals surface area contributed by atoms with Crippen molar-refractivity contribution >= 4 is 61.7 Å². The van der Waals surface area contributed by atoms with E-state index in [1.807, 2.05) is 30.3 Å². The van der Waals surface area contributed by atoms with Gasteiger partial charge in [-0.1, -0.05) is 29.8 Å². The van der Waals surface area contributed by atoms with E-state index in [1.54, 1.807) is 37.4 Å². The molecule has 2 heterocycles. The lowest BCUT2D eigenvalue weighted by Gasteiger charge is -2.16. The number of hydrogen-bond donors (Lipinski definition) is 1. The number of aromatic nitrogens is 3. The second kappa shape index (κ2) is 11.7. The van der Waals surface area contributed by atoms with Gasteiger partial charge >= 0.3 is 0 Å². The van der Waals surface area contributed by atoms with E-state index >= 15 is 0 Å². The molecular weight excluding hydrogens is 571 g/mol. The molecule has 214 valence electrons. The minimum Gasteiger partial charge on any atom is -0.489 e. The van der Waals surface area contributed by atoms with Gasteiger partial charge in [-0.15, -0.1) is 0 Å². The number of nitrogens with zero attached hydrogens (tertiary/aromatic N) is 3. The van der Waals surface area contributed by atoms with E-state index in [1.165, 1.54) is 25.4 Å². The van der Waals surface area contributed by atoms with E-state index in [4.69, 9.17) is 21.1 Å². The van der Waals surface area contributed by atoms with Gasteiger partial charge in [0, 0.05) is 40.5 Å². The van der Waals surface area contributed by atoms with Gasteiger partial charge in [0.05, 0.1) is 45.1 Å². The van der Waals surface area contributed by atoms with Crippen molar-refractivity contribution in [2.45, 2.75) is 6.92 Å². The highest BCUT2D eigenvalue weighted by atomic mass is 35.5. The van der Waals surface area contributed by atoms with Crippen LogP contribution in [0.3, 0.4) is 0 Å². The summed E-state index contributed by atoms with van der Waals surface area (Å²) >= 11 is 6.05. The number of hydrogen-bond acceptors (Lipinski definition) is 7. The third-order valence-corrected chi connectivity index (χ3v) is 7.31. The number of nitrogens with one attached hydrogen (secondary N) is 1. The molecule has 0 fully saturated rings. The van der Waals surface area contributed by atoms with E-state index in [0.29, 0.717) is 51.1 Å². The Kier molecular flexibility index (Phi) is 7.67. The van der Waals surface area contributed by atoms with Gasteiger partial charge in [0.25, 0.3) is 5.91 Å². The monoisotopic (exact) mass is 594 g/mol. The third kappa shape index (κ3) is 5.48. The van der Waals surface area contributed by atoms with Crippen molar-refractivity contribution in [2.24, 2.45) is 0 Å². The fourth-order valence-electron chi connectivity index (χ4n) is 5.02. The SMILES string of the molecule is COCCOc1cc2ncnc(-c3ccc(F)c(Cl)c3)c2cc1NC(=O)c1ccc2nc3ccccc3cc2c1C(C)=O. The van der Waals surface area contributed by atoms with Crippen LogP contribution in [0.25, 0.3) is 44.0 Å². The van der Waals surface area contributed by atoms with Crippen LogP contribution in [0.15, 0.2) is 79.1 Å². The van der Waals surface area contributed by atoms with Crippen LogP contribution in [-0.4, -0.2) is 47.0 Å². The summed E-state index contributed by atoms with van der Waals surface area (Å²) in [6.45, 7) is 1.95. The topological polar surface area (TPSA) is 103 Å². The van der Waals surface area contributed by atoms with Crippen LogP contribution in [-0.2, 0) is 4.74 Å². The van der Waals surface area contributed by atoms with E-state index in [-0.39, 0.29) is 28.5 Å². The Morgan fingerprint density at radius 3 is 2.53 bits per heavy atom. The maximum atomic E-state index is 13.9. The van der Waals surface area contributed by atoms with Gasteiger partial charge in [-0.3, -0.25) is 9.59 Å². The first-order valence-electron chi connectivity index (χ1n) is 13.3. The maximum Gasteiger partial charge on any atom is 0.256 e. The Labute approximate surface area is 250 Å². The Morgan fingerprint density at radius 2 is 1.74 bits per heavy atom. The van der Waals surface area contributed by atoms with Gasteiger partial charge in [0.15, 0.2) is 5.78 Å². The second-order valence-corrected chi connectivity index (χ2v) is 10.2. The molecule has 10 heteroatoms. The zero-order valence-electron chi connectivity index (χ0n) is 23.2. The van der Waals surface area contributed by atoms with Crippen molar-refractivity contribution < 1.29 is 23.5 Å². The van der Waals surface area contributed by atoms with Gasteiger partial charge < -0.3 is 14.8 Å². The van der Waals surface area contributed by atoms with Crippen molar-refractivity contribution in [2.75, 3.05) is 25.6 Å². The molecule has 0 aliphatic heterocycles. The molecule has 0 radical (unpaired) electrons. The summed E-state index contributed by atoms with van der Waals surface area (Å²) in [5.41, 5.74) is 3.76. The van der Waals surface area contributed by atoms with Gasteiger partial charge in [-0.05, 0) is 55.5 Å². The lowest BCUT2D eigenvalue weighted by molar-refractivity contribution is 0.0986. The van der Waals surface area contributed by atoms with Gasteiger partial charge in [0.1, 0.15) is 24.5 Å². The highest BCUT2D eigenvalue weighted by Gasteiger charge is 2.21. The largest absolute Gasteiger partial charge is 0.489 e. The molecule has 0 aliphatic rings. The molecular formula is C33H24ClFN4O4. The number of anilines is 1. The standard InChI is InChI=1S/C33H24ClFN4O4/c1-18(40)31-21(8-10-27-22(31)13-19-5-3-4-6-26(19)38-27)33(41)39-29-15-23-28(16-30(29)43-12-11-42-2)36-17-37-32(23)20-7-9-25(35)24(34)14-20/h3-10,13-17H,11-12H2,1-2H3,(H,39,41). The molecule has 1 N–H and O–H groups in total. The normalized spacial score (nSPS) is 11.3. The Hall–Kier alpha value is -4.99. The number of carbonyl (C=O) groups is 2. The summed E-state index contributed by atoms with van der Waals surface area (Å²) in [6.07, 6.45) is 1.39. The van der Waals surface area contributed by atoms with Crippen LogP contribution in [0, 0.1) is 5.82 Å². The van der Waals surface area contributed by atoms with Crippen molar-refractivity contribution in [1.29, 1.82) is 0 Å². The minimum absolute atomic E-state index is 0.0485. The van der Waals surface area contributed by atoms with Gasteiger partial charge in [-0.2, -0.15) is 0 Å². The fourth-order valence-corrected chi connectivity index (χ4v) is 5.20. The Balaban J connectivity index is 1.47. The van der Waals surface area contributed by atoms with E-state index in [9.17, 15) is 14.0 Å². The van der Waals surface area contributed by atoms with E-state index in [2.05, 4.69) is 20.3 Å². The van der Waals surface area contributed by atoms with E-state index in [0.717, 1.165) is 10.9 Å². The van der Waals surface area contributed by atoms with E-state index < -0.39 is 11.7 Å². The Morgan fingerprint density at radius 1 is 0.907 bits per heavy atom. The highest BCUT2D eigenvalue weighted by molar-refractivity contribution is 6.31. The molecule has 0 unspecified atom stereocenters. The van der Waals surface area contributed by atoms with Gasteiger partial charge in [-0.25, -0.2) is 19.3 Å². The number of amides is 1. The molecule has 1 amide bonds. The number of benzene rings is 4. The number of ketones is 1. The zero-order chi connectivity index (χ0) is 30.1. The van der Waals surface area contributed by atoms with Crippen molar-refractivity contribution in [3.8, 4) is 17.0 Å². The third-order valence-electron chi connectivity index (χ3n) is 7.02. The van der Waals surface area contributed by atoms with Crippen LogP contribution >= 0.6 is 11.6 Å². The summed E-state index contributed by atoms with van der Waals surface area (Å²) in [5.74, 6) is -0.992. The Bertz CT molecular complexity index is 2070. The van der Waals surface area contributed by atoms with Crippen molar-refractivity contribution in [1.82, 2.24) is 15.0 Å². The second-order valence-electron chi connectivity index (χ2n) is 9.80. The number of halogens is 2. The zero-order valence-corrected chi connectivity index (χ0v) is 23.9. The number of fused-ring (bicyclic) bond motifs is 3. The summed E-state index contributed by atoms with van der Waals surface area (Å²) in [4.78, 5) is 40.3. The maximum absolute atomic E-state index is 13.9. The number of para-hydroxylation sites is 1. The molecule has 0 saturated heterocycles. The number of ether oxygens (including phenoxy) is 2. The molecule has 43 heavy (non-hydrogen) atoms. The molecule has 0 bridgehead atoms. The summed E-state index contributed by atoms with van der Waals surface area (Å²) in [7, 11) is 1.56. The van der Waals surface area contributed by atoms with Gasteiger partial charge in [0.2, 0.25) is 0 Å². The average molecular weight is 595 g/mol. The predicted molar refractivity (Wildman–Crippen MR) is 165 cm³/mol. The molecule has 8 nitrogen and oxygen atoms in total. The summed E-state index contributed by atoms with van der Waals surface area (Å²) in [6, 6.07) is 20.5. The number of methoxy groups -OCH3 is 1. The van der Waals surface area contributed by atoms with Crippen LogP contribution in [0.2, 0.25) is 5.02 Å². The van der Waals surface area contributed by atoms with Crippen LogP contribution in [0.4, 0.5) is 10.1 Å². The van der Waals surface area contributed by atoms with Crippen LogP contribution in [0.1, 0.15) is 27.6 Å². The molecule has 0 saturated carbocycles. The van der Waals surface area contributed by atoms with Crippen molar-refractivity contribution in [3.05, 3.63) is 101 Å². The van der Waals surface area contributed by atoms with Crippen LogP contribution < -0.4 is 10.1 Å². The first kappa shape index (κ1) is 28.1. The van der Waals surface area contributed by atoms with Crippen molar-refractivity contribution in [3.63, 3.8) is 0 Å². The number of rotatable bonds is 8. The molecule has 0 atom stereocenters. The quantitative estimate of drug-likeness (QED) is 0.112. The molecule has 6 aromatic rings. The lowest BCUT2D eigenvalue weighted by Crippen LogP contribution is -2.17. The first-order chi connectivity index (χ1) is 20.8. The lowest BCUT2D eigenvalue weighted by atomic mass is 9.96. The first-order valence-corrected chi connectivity index (χ1v) is 13.7. The molecule has 0 aliphatic carbocycles. The number of Topliss-reactive ketones (excluding diaryl/α,β-unsaturated/α-hetero) is 1. The molecule has 6 rings (SSSR count). The average Bonchev–Trinajstić information content (AvgIpc) is 3.00. The number of pyridine rings is 1. The molecule has 4 aromatic carbocycles. The molecule has 2 aromatic heterocycles.